The van der Waals surface area contributed by atoms with Gasteiger partial charge in [-0.25, -0.2) is 0 Å². The Morgan fingerprint density at radius 1 is 1.20 bits per heavy atom. The summed E-state index contributed by atoms with van der Waals surface area (Å²) in [5.74, 6) is 0. The minimum atomic E-state index is 0.996. The number of aromatic nitrogens is 1. The van der Waals surface area contributed by atoms with Gasteiger partial charge in [-0.2, -0.15) is 0 Å². The lowest BCUT2D eigenvalue weighted by atomic mass is 10.1. The molecular weight excluding hydrogens is 182 g/mol. The highest BCUT2D eigenvalue weighted by molar-refractivity contribution is 5.91. The molecule has 0 saturated carbocycles. The Kier molecular flexibility index (Phi) is 1.78. The van der Waals surface area contributed by atoms with Crippen molar-refractivity contribution in [1.29, 1.82) is 0 Å². The van der Waals surface area contributed by atoms with E-state index in [0.717, 1.165) is 6.42 Å². The second-order valence-electron chi connectivity index (χ2n) is 4.06. The van der Waals surface area contributed by atoms with Gasteiger partial charge in [0.05, 0.1) is 0 Å². The second kappa shape index (κ2) is 3.13. The summed E-state index contributed by atoms with van der Waals surface area (Å²) in [6.45, 7) is 2.14. The van der Waals surface area contributed by atoms with Gasteiger partial charge in [0.15, 0.2) is 0 Å². The minimum Gasteiger partial charge on any atom is -0.358 e. The van der Waals surface area contributed by atoms with E-state index in [-0.39, 0.29) is 0 Å². The summed E-state index contributed by atoms with van der Waals surface area (Å²) in [5.41, 5.74) is 5.22. The number of H-pyrrole nitrogens is 1. The largest absolute Gasteiger partial charge is 0.358 e. The quantitative estimate of drug-likeness (QED) is 0.661. The fourth-order valence-electron chi connectivity index (χ4n) is 2.15. The average Bonchev–Trinajstić information content (AvgIpc) is 2.44. The fourth-order valence-corrected chi connectivity index (χ4v) is 2.15. The first-order valence-electron chi connectivity index (χ1n) is 5.29. The van der Waals surface area contributed by atoms with E-state index in [9.17, 15) is 0 Å². The number of nitrogens with one attached hydrogen (secondary N) is 1. The summed E-state index contributed by atoms with van der Waals surface area (Å²) in [4.78, 5) is 3.48. The van der Waals surface area contributed by atoms with Crippen LogP contribution in [0.2, 0.25) is 0 Å². The molecule has 1 aromatic carbocycles. The van der Waals surface area contributed by atoms with Crippen LogP contribution in [-0.4, -0.2) is 4.98 Å². The summed E-state index contributed by atoms with van der Waals surface area (Å²) in [6, 6.07) is 6.56. The summed E-state index contributed by atoms with van der Waals surface area (Å²) < 4.78 is 0. The number of benzene rings is 1. The third kappa shape index (κ3) is 1.32. The van der Waals surface area contributed by atoms with Gasteiger partial charge in [0.25, 0.3) is 0 Å². The molecule has 0 unspecified atom stereocenters. The van der Waals surface area contributed by atoms with E-state index in [1.54, 1.807) is 0 Å². The van der Waals surface area contributed by atoms with Crippen LogP contribution >= 0.6 is 0 Å². The molecule has 1 aliphatic carbocycles. The van der Waals surface area contributed by atoms with Gasteiger partial charge in [-0.15, -0.1) is 0 Å². The van der Waals surface area contributed by atoms with Gasteiger partial charge in [-0.1, -0.05) is 35.9 Å². The number of hydrogen-bond donors (Lipinski definition) is 1. The maximum absolute atomic E-state index is 3.48. The van der Waals surface area contributed by atoms with Crippen LogP contribution in [0.3, 0.4) is 0 Å². The number of hydrogen-bond acceptors (Lipinski definition) is 0. The molecule has 1 aromatic heterocycles. The molecule has 1 aliphatic rings. The van der Waals surface area contributed by atoms with Crippen LogP contribution in [0.1, 0.15) is 16.8 Å². The van der Waals surface area contributed by atoms with Crippen LogP contribution in [0.25, 0.3) is 17.0 Å². The summed E-state index contributed by atoms with van der Waals surface area (Å²) in [5, 5.41) is 1.34. The average molecular weight is 195 g/mol. The highest BCUT2D eigenvalue weighted by Gasteiger charge is 2.08. The van der Waals surface area contributed by atoms with Crippen LogP contribution in [0.5, 0.6) is 0 Å². The molecule has 0 saturated heterocycles. The zero-order valence-electron chi connectivity index (χ0n) is 8.75. The van der Waals surface area contributed by atoms with Gasteiger partial charge < -0.3 is 4.98 Å². The van der Waals surface area contributed by atoms with Crippen LogP contribution in [0.15, 0.2) is 36.4 Å². The molecule has 0 amide bonds. The Labute approximate surface area is 89.1 Å². The highest BCUT2D eigenvalue weighted by Crippen LogP contribution is 2.26. The van der Waals surface area contributed by atoms with E-state index in [2.05, 4.69) is 54.4 Å². The van der Waals surface area contributed by atoms with Gasteiger partial charge in [0, 0.05) is 28.6 Å². The standard InChI is InChI=1S/C14H13N/c1-10-7-8-14-12(9-10)11-5-3-2-4-6-13(11)15-14/h2-5,7-9,15H,6H2,1H3. The van der Waals surface area contributed by atoms with E-state index >= 15 is 0 Å². The van der Waals surface area contributed by atoms with Crippen molar-refractivity contribution in [1.82, 2.24) is 4.98 Å². The number of allylic oxidation sites excluding steroid dienone is 3. The zero-order valence-corrected chi connectivity index (χ0v) is 8.75. The lowest BCUT2D eigenvalue weighted by molar-refractivity contribution is 1.17. The van der Waals surface area contributed by atoms with Crippen molar-refractivity contribution < 1.29 is 0 Å². The Bertz CT molecular complexity index is 570. The molecule has 1 N–H and O–H groups in total. The smallest absolute Gasteiger partial charge is 0.0462 e. The van der Waals surface area contributed by atoms with Crippen molar-refractivity contribution >= 4 is 17.0 Å². The minimum absolute atomic E-state index is 0.996. The first-order chi connectivity index (χ1) is 7.34. The van der Waals surface area contributed by atoms with Gasteiger partial charge in [0.1, 0.15) is 0 Å². The van der Waals surface area contributed by atoms with Crippen molar-refractivity contribution in [3.05, 3.63) is 53.2 Å². The van der Waals surface area contributed by atoms with Crippen molar-refractivity contribution in [2.24, 2.45) is 0 Å². The van der Waals surface area contributed by atoms with Crippen LogP contribution < -0.4 is 0 Å². The fraction of sp³-hybridized carbons (Fsp3) is 0.143. The first kappa shape index (κ1) is 8.54. The molecule has 1 nitrogen and oxygen atoms in total. The topological polar surface area (TPSA) is 15.8 Å². The Hall–Kier alpha value is -1.76. The Morgan fingerprint density at radius 2 is 2.13 bits per heavy atom. The van der Waals surface area contributed by atoms with Crippen LogP contribution in [0.4, 0.5) is 0 Å². The molecule has 3 rings (SSSR count). The van der Waals surface area contributed by atoms with Crippen molar-refractivity contribution in [2.75, 3.05) is 0 Å². The van der Waals surface area contributed by atoms with E-state index < -0.39 is 0 Å². The maximum Gasteiger partial charge on any atom is 0.0462 e. The molecule has 74 valence electrons. The van der Waals surface area contributed by atoms with E-state index in [4.69, 9.17) is 0 Å². The van der Waals surface area contributed by atoms with E-state index in [1.807, 2.05) is 0 Å². The van der Waals surface area contributed by atoms with Gasteiger partial charge in [-0.3, -0.25) is 0 Å². The normalized spacial score (nSPS) is 14.2. The molecule has 0 aliphatic heterocycles. The van der Waals surface area contributed by atoms with E-state index in [1.165, 1.54) is 27.7 Å². The monoisotopic (exact) mass is 195 g/mol. The van der Waals surface area contributed by atoms with Crippen molar-refractivity contribution in [2.45, 2.75) is 13.3 Å². The maximum atomic E-state index is 3.48. The van der Waals surface area contributed by atoms with Gasteiger partial charge in [0.2, 0.25) is 0 Å². The van der Waals surface area contributed by atoms with Gasteiger partial charge >= 0.3 is 0 Å². The van der Waals surface area contributed by atoms with Crippen LogP contribution in [-0.2, 0) is 6.42 Å². The Balaban J connectivity index is 2.35. The number of aromatic amines is 1. The molecule has 0 bridgehead atoms. The molecule has 0 spiro atoms. The van der Waals surface area contributed by atoms with Crippen molar-refractivity contribution in [3.63, 3.8) is 0 Å². The summed E-state index contributed by atoms with van der Waals surface area (Å²) in [7, 11) is 0. The molecule has 2 aromatic rings. The zero-order chi connectivity index (χ0) is 10.3. The van der Waals surface area contributed by atoms with Gasteiger partial charge in [-0.05, 0) is 19.1 Å². The lowest BCUT2D eigenvalue weighted by Gasteiger charge is -1.95. The van der Waals surface area contributed by atoms with Crippen molar-refractivity contribution in [3.8, 4) is 0 Å². The van der Waals surface area contributed by atoms with Crippen LogP contribution in [0, 0.1) is 6.92 Å². The highest BCUT2D eigenvalue weighted by atomic mass is 14.7. The third-order valence-electron chi connectivity index (χ3n) is 2.91. The second-order valence-corrected chi connectivity index (χ2v) is 4.06. The predicted molar refractivity (Wildman–Crippen MR) is 64.9 cm³/mol. The van der Waals surface area contributed by atoms with E-state index in [0.29, 0.717) is 0 Å². The number of fused-ring (bicyclic) bond motifs is 3. The predicted octanol–water partition coefficient (Wildman–Crippen LogP) is 3.60. The first-order valence-corrected chi connectivity index (χ1v) is 5.29. The molecular formula is C14H13N. The summed E-state index contributed by atoms with van der Waals surface area (Å²) in [6.07, 6.45) is 9.59. The molecule has 1 heteroatoms. The number of aryl methyl sites for hydroxylation is 1. The Morgan fingerprint density at radius 3 is 3.07 bits per heavy atom. The molecule has 1 heterocycles. The third-order valence-corrected chi connectivity index (χ3v) is 2.91. The molecule has 0 fully saturated rings. The SMILES string of the molecule is Cc1ccc2[nH]c3c(c2c1)C=CC=CC3. The number of rotatable bonds is 0. The lowest BCUT2D eigenvalue weighted by Crippen LogP contribution is -1.81. The molecule has 15 heavy (non-hydrogen) atoms. The molecule has 0 atom stereocenters. The summed E-state index contributed by atoms with van der Waals surface area (Å²) >= 11 is 0. The molecule has 0 radical (unpaired) electrons.